The summed E-state index contributed by atoms with van der Waals surface area (Å²) in [7, 11) is 0. The molecule has 0 amide bonds. The van der Waals surface area contributed by atoms with Crippen molar-refractivity contribution in [2.24, 2.45) is 0 Å². The van der Waals surface area contributed by atoms with Gasteiger partial charge in [0.25, 0.3) is 0 Å². The van der Waals surface area contributed by atoms with E-state index in [1.165, 1.54) is 12.1 Å². The number of alkyl halides is 3. The largest absolute Gasteiger partial charge is 0.507 e. The van der Waals surface area contributed by atoms with E-state index in [4.69, 9.17) is 0 Å². The van der Waals surface area contributed by atoms with E-state index in [9.17, 15) is 18.3 Å². The number of phenols is 1. The van der Waals surface area contributed by atoms with Gasteiger partial charge in [-0.25, -0.2) is 0 Å². The van der Waals surface area contributed by atoms with Crippen molar-refractivity contribution in [1.82, 2.24) is 0 Å². The predicted molar refractivity (Wildman–Crippen MR) is 79.3 cm³/mol. The van der Waals surface area contributed by atoms with Crippen LogP contribution in [0.2, 0.25) is 0 Å². The molecule has 0 unspecified atom stereocenters. The zero-order valence-corrected chi connectivity index (χ0v) is 12.7. The van der Waals surface area contributed by atoms with Gasteiger partial charge in [0.05, 0.1) is 5.56 Å². The first-order valence-electron chi connectivity index (χ1n) is 6.17. The third-order valence-electron chi connectivity index (χ3n) is 3.08. The van der Waals surface area contributed by atoms with Gasteiger partial charge in [0.1, 0.15) is 5.75 Å². The number of aryl methyl sites for hydroxylation is 1. The van der Waals surface area contributed by atoms with Crippen molar-refractivity contribution in [2.75, 3.05) is 5.32 Å². The van der Waals surface area contributed by atoms with Gasteiger partial charge in [-0.15, -0.1) is 0 Å². The smallest absolute Gasteiger partial charge is 0.418 e. The number of para-hydroxylation sites is 1. The molecule has 0 aliphatic heterocycles. The third-order valence-corrected chi connectivity index (χ3v) is 3.57. The van der Waals surface area contributed by atoms with Crippen molar-refractivity contribution in [3.8, 4) is 5.75 Å². The fourth-order valence-corrected chi connectivity index (χ4v) is 2.32. The van der Waals surface area contributed by atoms with Gasteiger partial charge in [0.2, 0.25) is 0 Å². The quantitative estimate of drug-likeness (QED) is 0.799. The number of phenolic OH excluding ortho intramolecular Hbond substituents is 1. The van der Waals surface area contributed by atoms with Crippen molar-refractivity contribution >= 4 is 21.6 Å². The molecule has 2 N–H and O–H groups in total. The third kappa shape index (κ3) is 3.69. The highest BCUT2D eigenvalue weighted by Crippen LogP contribution is 2.37. The molecule has 2 aromatic carbocycles. The monoisotopic (exact) mass is 359 g/mol. The Bertz CT molecular complexity index is 656. The number of rotatable bonds is 3. The number of anilines is 1. The Morgan fingerprint density at radius 1 is 1.19 bits per heavy atom. The highest BCUT2D eigenvalue weighted by atomic mass is 79.9. The molecule has 0 aliphatic carbocycles. The van der Waals surface area contributed by atoms with E-state index < -0.39 is 11.7 Å². The summed E-state index contributed by atoms with van der Waals surface area (Å²) in [5.41, 5.74) is 0.461. The SMILES string of the molecule is Cc1cccc(CNc2ccc(Br)cc2C(F)(F)F)c1O. The summed E-state index contributed by atoms with van der Waals surface area (Å²) >= 11 is 3.04. The van der Waals surface area contributed by atoms with Crippen LogP contribution in [0.3, 0.4) is 0 Å². The van der Waals surface area contributed by atoms with Crippen LogP contribution in [-0.4, -0.2) is 5.11 Å². The van der Waals surface area contributed by atoms with Crippen LogP contribution in [0.15, 0.2) is 40.9 Å². The molecule has 6 heteroatoms. The molecule has 0 spiro atoms. The van der Waals surface area contributed by atoms with Crippen LogP contribution < -0.4 is 5.32 Å². The standard InChI is InChI=1S/C15H13BrF3NO/c1-9-3-2-4-10(14(9)21)8-20-13-6-5-11(16)7-12(13)15(17,18)19/h2-7,20-21H,8H2,1H3. The van der Waals surface area contributed by atoms with Gasteiger partial charge < -0.3 is 10.4 Å². The van der Waals surface area contributed by atoms with Crippen LogP contribution in [0.1, 0.15) is 16.7 Å². The number of nitrogens with one attached hydrogen (secondary N) is 1. The summed E-state index contributed by atoms with van der Waals surface area (Å²) in [6.45, 7) is 1.85. The Hall–Kier alpha value is -1.69. The molecule has 0 bridgehead atoms. The van der Waals surface area contributed by atoms with Crippen LogP contribution in [0.25, 0.3) is 0 Å². The van der Waals surface area contributed by atoms with E-state index in [1.807, 2.05) is 0 Å². The molecular formula is C15H13BrF3NO. The number of hydrogen-bond donors (Lipinski definition) is 2. The summed E-state index contributed by atoms with van der Waals surface area (Å²) in [4.78, 5) is 0. The molecule has 0 aliphatic rings. The minimum Gasteiger partial charge on any atom is -0.507 e. The number of hydrogen-bond acceptors (Lipinski definition) is 2. The molecule has 0 saturated carbocycles. The molecule has 112 valence electrons. The molecule has 0 radical (unpaired) electrons. The van der Waals surface area contributed by atoms with Crippen molar-refractivity contribution in [2.45, 2.75) is 19.6 Å². The summed E-state index contributed by atoms with van der Waals surface area (Å²) in [5, 5.41) is 12.6. The molecule has 0 heterocycles. The molecule has 21 heavy (non-hydrogen) atoms. The van der Waals surface area contributed by atoms with Crippen LogP contribution in [-0.2, 0) is 12.7 Å². The van der Waals surface area contributed by atoms with Crippen molar-refractivity contribution in [1.29, 1.82) is 0 Å². The van der Waals surface area contributed by atoms with E-state index >= 15 is 0 Å². The van der Waals surface area contributed by atoms with Crippen LogP contribution >= 0.6 is 15.9 Å². The first kappa shape index (κ1) is 15.7. The molecule has 0 fully saturated rings. The number of aromatic hydroxyl groups is 1. The molecule has 0 aromatic heterocycles. The number of benzene rings is 2. The van der Waals surface area contributed by atoms with Crippen LogP contribution in [0.4, 0.5) is 18.9 Å². The normalized spacial score (nSPS) is 11.5. The maximum Gasteiger partial charge on any atom is 0.418 e. The van der Waals surface area contributed by atoms with E-state index in [-0.39, 0.29) is 18.0 Å². The van der Waals surface area contributed by atoms with Gasteiger partial charge in [-0.1, -0.05) is 34.1 Å². The lowest BCUT2D eigenvalue weighted by atomic mass is 10.1. The summed E-state index contributed by atoms with van der Waals surface area (Å²) in [5.74, 6) is 0.0932. The predicted octanol–water partition coefficient (Wildman–Crippen LogP) is 5.09. The Labute approximate surface area is 128 Å². The van der Waals surface area contributed by atoms with E-state index in [0.717, 1.165) is 6.07 Å². The first-order valence-corrected chi connectivity index (χ1v) is 6.96. The number of halogens is 4. The minimum absolute atomic E-state index is 0.0217. The van der Waals surface area contributed by atoms with Gasteiger partial charge in [-0.3, -0.25) is 0 Å². The Morgan fingerprint density at radius 2 is 1.90 bits per heavy atom. The maximum atomic E-state index is 13.0. The molecule has 0 saturated heterocycles. The second-order valence-corrected chi connectivity index (χ2v) is 5.54. The van der Waals surface area contributed by atoms with E-state index in [2.05, 4.69) is 21.2 Å². The molecule has 0 atom stereocenters. The van der Waals surface area contributed by atoms with Gasteiger partial charge in [-0.2, -0.15) is 13.2 Å². The van der Waals surface area contributed by atoms with Crippen LogP contribution in [0.5, 0.6) is 5.75 Å². The highest BCUT2D eigenvalue weighted by Gasteiger charge is 2.33. The lowest BCUT2D eigenvalue weighted by Gasteiger charge is -2.16. The Balaban J connectivity index is 2.26. The molecule has 2 aromatic rings. The average Bonchev–Trinajstić information content (AvgIpc) is 2.40. The van der Waals surface area contributed by atoms with Gasteiger partial charge in [0.15, 0.2) is 0 Å². The van der Waals surface area contributed by atoms with Crippen molar-refractivity contribution < 1.29 is 18.3 Å². The fraction of sp³-hybridized carbons (Fsp3) is 0.200. The lowest BCUT2D eigenvalue weighted by Crippen LogP contribution is -2.11. The maximum absolute atomic E-state index is 13.0. The lowest BCUT2D eigenvalue weighted by molar-refractivity contribution is -0.137. The summed E-state index contributed by atoms with van der Waals surface area (Å²) in [6.07, 6.45) is -4.44. The zero-order chi connectivity index (χ0) is 15.6. The van der Waals surface area contributed by atoms with Crippen molar-refractivity contribution in [3.05, 3.63) is 57.6 Å². The zero-order valence-electron chi connectivity index (χ0n) is 11.1. The second kappa shape index (κ2) is 5.97. The van der Waals surface area contributed by atoms with Gasteiger partial charge in [-0.05, 0) is 30.7 Å². The highest BCUT2D eigenvalue weighted by molar-refractivity contribution is 9.10. The minimum atomic E-state index is -4.44. The Kier molecular flexibility index (Phi) is 4.46. The second-order valence-electron chi connectivity index (χ2n) is 4.62. The summed E-state index contributed by atoms with van der Waals surface area (Å²) in [6, 6.07) is 9.07. The van der Waals surface area contributed by atoms with Gasteiger partial charge >= 0.3 is 6.18 Å². The fourth-order valence-electron chi connectivity index (χ4n) is 1.96. The van der Waals surface area contributed by atoms with Gasteiger partial charge in [0, 0.05) is 22.3 Å². The van der Waals surface area contributed by atoms with Crippen LogP contribution in [0, 0.1) is 6.92 Å². The molecule has 2 rings (SSSR count). The Morgan fingerprint density at radius 3 is 2.57 bits per heavy atom. The average molecular weight is 360 g/mol. The topological polar surface area (TPSA) is 32.3 Å². The van der Waals surface area contributed by atoms with E-state index in [1.54, 1.807) is 25.1 Å². The molecular weight excluding hydrogens is 347 g/mol. The summed E-state index contributed by atoms with van der Waals surface area (Å²) < 4.78 is 39.3. The first-order chi connectivity index (χ1) is 9.79. The van der Waals surface area contributed by atoms with Crippen molar-refractivity contribution in [3.63, 3.8) is 0 Å². The van der Waals surface area contributed by atoms with E-state index in [0.29, 0.717) is 15.6 Å². The molecule has 2 nitrogen and oxygen atoms in total.